The third-order valence-corrected chi connectivity index (χ3v) is 9.98. The Morgan fingerprint density at radius 1 is 1.15 bits per heavy atom. The molecule has 0 unspecified atom stereocenters. The van der Waals surface area contributed by atoms with Crippen LogP contribution in [0.4, 0.5) is 0 Å². The Labute approximate surface area is 221 Å². The maximum atomic E-state index is 12.5. The van der Waals surface area contributed by atoms with Gasteiger partial charge in [0.25, 0.3) is 0 Å². The van der Waals surface area contributed by atoms with E-state index in [0.717, 1.165) is 53.0 Å². The largest absolute Gasteiger partial charge is 0.352 e. The van der Waals surface area contributed by atoms with Gasteiger partial charge in [-0.05, 0) is 54.2 Å². The summed E-state index contributed by atoms with van der Waals surface area (Å²) in [7, 11) is -3.82. The molecule has 2 aromatic heterocycles. The summed E-state index contributed by atoms with van der Waals surface area (Å²) in [5.74, 6) is -1.28. The molecule has 1 aromatic carbocycles. The van der Waals surface area contributed by atoms with Crippen LogP contribution in [0.25, 0.3) is 5.57 Å². The molecule has 1 amide bonds. The van der Waals surface area contributed by atoms with Crippen LogP contribution in [-0.2, 0) is 27.6 Å². The number of fused-ring (bicyclic) bond motifs is 1. The minimum absolute atomic E-state index is 0.0299. The number of halogens is 4. The topological polar surface area (TPSA) is 81.1 Å². The summed E-state index contributed by atoms with van der Waals surface area (Å²) >= 11 is 24.9. The minimum Gasteiger partial charge on any atom is -0.352 e. The fourth-order valence-electron chi connectivity index (χ4n) is 3.76. The summed E-state index contributed by atoms with van der Waals surface area (Å²) in [6.45, 7) is 0.682. The molecule has 0 radical (unpaired) electrons. The van der Waals surface area contributed by atoms with E-state index in [9.17, 15) is 13.2 Å². The van der Waals surface area contributed by atoms with Crippen molar-refractivity contribution in [3.63, 3.8) is 0 Å². The predicted molar refractivity (Wildman–Crippen MR) is 138 cm³/mol. The van der Waals surface area contributed by atoms with Crippen LogP contribution >= 0.6 is 57.7 Å². The summed E-state index contributed by atoms with van der Waals surface area (Å²) < 4.78 is 27.0. The van der Waals surface area contributed by atoms with Gasteiger partial charge >= 0.3 is 0 Å². The Hall–Kier alpha value is -1.55. The molecule has 0 aliphatic heterocycles. The van der Waals surface area contributed by atoms with Crippen molar-refractivity contribution >= 4 is 79.1 Å². The first-order valence-electron chi connectivity index (χ1n) is 10.3. The van der Waals surface area contributed by atoms with Gasteiger partial charge in [-0.2, -0.15) is 5.10 Å². The van der Waals surface area contributed by atoms with Gasteiger partial charge in [0, 0.05) is 16.6 Å². The maximum Gasteiger partial charge on any atom is 0.235 e. The standard InChI is InChI=1S/C22H19Cl4N3O3S2/c23-16-5-4-15(17(24)8-16)11-29-21-13(2-1-3-14(21)10-28-29)6-7-27-19(30)12-34(31,32)20-9-18(25)22(26)33-20/h4-6,8-10H,1-3,7,11-12H2,(H,27,30)/b13-6+. The van der Waals surface area contributed by atoms with Gasteiger partial charge < -0.3 is 5.32 Å². The molecular weight excluding hydrogens is 560 g/mol. The Morgan fingerprint density at radius 3 is 2.65 bits per heavy atom. The number of amides is 1. The molecule has 34 heavy (non-hydrogen) atoms. The number of nitrogens with one attached hydrogen (secondary N) is 1. The van der Waals surface area contributed by atoms with Crippen LogP contribution in [0.2, 0.25) is 19.4 Å². The predicted octanol–water partition coefficient (Wildman–Crippen LogP) is 5.92. The first-order chi connectivity index (χ1) is 16.1. The molecule has 2 heterocycles. The summed E-state index contributed by atoms with van der Waals surface area (Å²) in [4.78, 5) is 12.3. The van der Waals surface area contributed by atoms with Crippen LogP contribution < -0.4 is 5.32 Å². The smallest absolute Gasteiger partial charge is 0.235 e. The maximum absolute atomic E-state index is 12.5. The highest BCUT2D eigenvalue weighted by Crippen LogP contribution is 2.35. The zero-order valence-corrected chi connectivity index (χ0v) is 22.3. The van der Waals surface area contributed by atoms with E-state index in [1.54, 1.807) is 12.1 Å². The van der Waals surface area contributed by atoms with Crippen molar-refractivity contribution in [3.05, 3.63) is 72.8 Å². The lowest BCUT2D eigenvalue weighted by molar-refractivity contribution is -0.118. The van der Waals surface area contributed by atoms with Gasteiger partial charge in [0.15, 0.2) is 9.84 Å². The van der Waals surface area contributed by atoms with Gasteiger partial charge in [-0.1, -0.05) is 58.5 Å². The van der Waals surface area contributed by atoms with Crippen molar-refractivity contribution in [3.8, 4) is 0 Å². The van der Waals surface area contributed by atoms with Crippen LogP contribution in [0.3, 0.4) is 0 Å². The first-order valence-corrected chi connectivity index (χ1v) is 14.2. The summed E-state index contributed by atoms with van der Waals surface area (Å²) in [5, 5.41) is 8.49. The molecule has 0 bridgehead atoms. The van der Waals surface area contributed by atoms with Gasteiger partial charge in [-0.3, -0.25) is 9.48 Å². The van der Waals surface area contributed by atoms with Crippen LogP contribution in [-0.4, -0.2) is 36.4 Å². The number of aryl methyl sites for hydroxylation is 1. The lowest BCUT2D eigenvalue weighted by Gasteiger charge is -2.18. The average Bonchev–Trinajstić information content (AvgIpc) is 3.34. The molecule has 0 saturated carbocycles. The Bertz CT molecular complexity index is 1360. The molecule has 12 heteroatoms. The summed E-state index contributed by atoms with van der Waals surface area (Å²) in [5.41, 5.74) is 4.07. The second-order valence-corrected chi connectivity index (χ2v) is 12.9. The molecule has 6 nitrogen and oxygen atoms in total. The second kappa shape index (κ2) is 10.6. The van der Waals surface area contributed by atoms with E-state index in [4.69, 9.17) is 46.4 Å². The van der Waals surface area contributed by atoms with Crippen molar-refractivity contribution in [2.75, 3.05) is 12.3 Å². The van der Waals surface area contributed by atoms with Crippen LogP contribution in [0.15, 0.2) is 40.7 Å². The van der Waals surface area contributed by atoms with Crippen molar-refractivity contribution < 1.29 is 13.2 Å². The van der Waals surface area contributed by atoms with Gasteiger partial charge in [0.2, 0.25) is 5.91 Å². The number of allylic oxidation sites excluding steroid dienone is 1. The molecule has 0 fully saturated rings. The molecule has 3 aromatic rings. The van der Waals surface area contributed by atoms with Crippen molar-refractivity contribution in [1.29, 1.82) is 0 Å². The van der Waals surface area contributed by atoms with Gasteiger partial charge in [-0.15, -0.1) is 11.3 Å². The lowest BCUT2D eigenvalue weighted by atomic mass is 9.92. The van der Waals surface area contributed by atoms with E-state index in [1.165, 1.54) is 6.07 Å². The van der Waals surface area contributed by atoms with E-state index in [0.29, 0.717) is 16.6 Å². The molecule has 0 atom stereocenters. The molecule has 1 aliphatic rings. The van der Waals surface area contributed by atoms with Crippen LogP contribution in [0.1, 0.15) is 29.7 Å². The molecule has 180 valence electrons. The van der Waals surface area contributed by atoms with E-state index < -0.39 is 21.5 Å². The Kier molecular flexibility index (Phi) is 7.96. The third-order valence-electron chi connectivity index (χ3n) is 5.34. The molecule has 1 aliphatic carbocycles. The zero-order valence-electron chi connectivity index (χ0n) is 17.7. The Balaban J connectivity index is 1.45. The number of nitrogens with zero attached hydrogens (tertiary/aromatic N) is 2. The summed E-state index contributed by atoms with van der Waals surface area (Å²) in [6, 6.07) is 6.63. The first kappa shape index (κ1) is 25.5. The number of aromatic nitrogens is 2. The van der Waals surface area contributed by atoms with Crippen LogP contribution in [0.5, 0.6) is 0 Å². The monoisotopic (exact) mass is 577 g/mol. The number of carbonyl (C=O) groups is 1. The highest BCUT2D eigenvalue weighted by Gasteiger charge is 2.23. The normalized spacial score (nSPS) is 14.9. The fourth-order valence-corrected chi connectivity index (χ4v) is 7.35. The second-order valence-electron chi connectivity index (χ2n) is 7.74. The van der Waals surface area contributed by atoms with E-state index >= 15 is 0 Å². The van der Waals surface area contributed by atoms with Crippen LogP contribution in [0, 0.1) is 0 Å². The van der Waals surface area contributed by atoms with Crippen molar-refractivity contribution in [2.24, 2.45) is 0 Å². The molecule has 4 rings (SSSR count). The number of rotatable bonds is 7. The van der Waals surface area contributed by atoms with Gasteiger partial charge in [0.1, 0.15) is 14.3 Å². The molecule has 0 spiro atoms. The number of benzene rings is 1. The number of carbonyl (C=O) groups excluding carboxylic acids is 1. The van der Waals surface area contributed by atoms with Crippen molar-refractivity contribution in [1.82, 2.24) is 15.1 Å². The van der Waals surface area contributed by atoms with E-state index in [1.807, 2.05) is 23.0 Å². The van der Waals surface area contributed by atoms with Gasteiger partial charge in [0.05, 0.1) is 23.5 Å². The molecule has 1 N–H and O–H groups in total. The van der Waals surface area contributed by atoms with Crippen molar-refractivity contribution in [2.45, 2.75) is 30.0 Å². The minimum atomic E-state index is -3.82. The molecule has 0 saturated heterocycles. The lowest BCUT2D eigenvalue weighted by Crippen LogP contribution is -2.30. The average molecular weight is 579 g/mol. The van der Waals surface area contributed by atoms with Gasteiger partial charge in [-0.25, -0.2) is 8.42 Å². The Morgan fingerprint density at radius 2 is 1.94 bits per heavy atom. The number of hydrogen-bond acceptors (Lipinski definition) is 5. The summed E-state index contributed by atoms with van der Waals surface area (Å²) in [6.07, 6.45) is 6.47. The highest BCUT2D eigenvalue weighted by molar-refractivity contribution is 7.94. The quantitative estimate of drug-likeness (QED) is 0.377. The zero-order chi connectivity index (χ0) is 24.5. The molecular formula is C22H19Cl4N3O3S2. The third kappa shape index (κ3) is 5.80. The number of sulfone groups is 1. The number of thiophene rings is 1. The SMILES string of the molecule is O=C(CS(=O)(=O)c1cc(Cl)c(Cl)s1)NC/C=C1\CCCc2cnn(Cc3ccc(Cl)cc3Cl)c21. The highest BCUT2D eigenvalue weighted by atomic mass is 35.5. The van der Waals surface area contributed by atoms with E-state index in [-0.39, 0.29) is 20.1 Å². The number of hydrogen-bond donors (Lipinski definition) is 1. The fraction of sp³-hybridized carbons (Fsp3) is 0.273. The van der Waals surface area contributed by atoms with E-state index in [2.05, 4.69) is 10.4 Å².